The van der Waals surface area contributed by atoms with Crippen molar-refractivity contribution in [2.24, 2.45) is 11.8 Å². The minimum atomic E-state index is -0.447. The molecule has 1 saturated heterocycles. The zero-order valence-electron chi connectivity index (χ0n) is 14.3. The van der Waals surface area contributed by atoms with Crippen LogP contribution in [0.1, 0.15) is 54.9 Å². The number of hydrogen-bond acceptors (Lipinski definition) is 4. The number of esters is 1. The molecule has 0 spiro atoms. The monoisotopic (exact) mass is 285 g/mol. The summed E-state index contributed by atoms with van der Waals surface area (Å²) in [6.45, 7) is 14.8. The van der Waals surface area contributed by atoms with Crippen molar-refractivity contribution in [3.05, 3.63) is 0 Å². The molecule has 0 aromatic heterocycles. The summed E-state index contributed by atoms with van der Waals surface area (Å²) < 4.78 is 11.1. The van der Waals surface area contributed by atoms with Crippen LogP contribution in [0.15, 0.2) is 0 Å². The molecule has 4 heteroatoms. The Hall–Kier alpha value is -0.610. The molecule has 1 heterocycles. The molecule has 1 aliphatic rings. The van der Waals surface area contributed by atoms with Gasteiger partial charge in [0, 0.05) is 12.6 Å². The minimum absolute atomic E-state index is 0.107. The molecule has 0 aromatic carbocycles. The van der Waals surface area contributed by atoms with Crippen LogP contribution in [-0.4, -0.2) is 36.4 Å². The number of methoxy groups -OCH3 is 1. The third kappa shape index (κ3) is 4.45. The predicted molar refractivity (Wildman–Crippen MR) is 80.6 cm³/mol. The molecular formula is C16H31NO3. The summed E-state index contributed by atoms with van der Waals surface area (Å²) in [5.74, 6) is -0.0182. The van der Waals surface area contributed by atoms with Gasteiger partial charge in [-0.2, -0.15) is 0 Å². The van der Waals surface area contributed by atoms with Gasteiger partial charge in [0.2, 0.25) is 0 Å². The van der Waals surface area contributed by atoms with E-state index >= 15 is 0 Å². The molecular weight excluding hydrogens is 254 g/mol. The van der Waals surface area contributed by atoms with Crippen molar-refractivity contribution in [1.82, 2.24) is 5.32 Å². The second-order valence-electron chi connectivity index (χ2n) is 8.04. The maximum atomic E-state index is 12.6. The van der Waals surface area contributed by atoms with E-state index in [1.54, 1.807) is 7.11 Å². The van der Waals surface area contributed by atoms with Crippen LogP contribution in [-0.2, 0) is 14.3 Å². The van der Waals surface area contributed by atoms with Gasteiger partial charge >= 0.3 is 5.97 Å². The van der Waals surface area contributed by atoms with Crippen LogP contribution < -0.4 is 5.32 Å². The van der Waals surface area contributed by atoms with E-state index in [2.05, 4.69) is 33.0 Å². The summed E-state index contributed by atoms with van der Waals surface area (Å²) in [6.07, 6.45) is 0.837. The van der Waals surface area contributed by atoms with Crippen LogP contribution in [0.5, 0.6) is 0 Å². The van der Waals surface area contributed by atoms with Gasteiger partial charge in [-0.05, 0) is 67.3 Å². The molecule has 1 fully saturated rings. The van der Waals surface area contributed by atoms with Gasteiger partial charge in [0.15, 0.2) is 0 Å². The molecule has 20 heavy (non-hydrogen) atoms. The van der Waals surface area contributed by atoms with Crippen LogP contribution in [0.3, 0.4) is 0 Å². The summed E-state index contributed by atoms with van der Waals surface area (Å²) in [6, 6.07) is 0. The van der Waals surface area contributed by atoms with Gasteiger partial charge in [-0.25, -0.2) is 0 Å². The summed E-state index contributed by atoms with van der Waals surface area (Å²) >= 11 is 0. The number of ether oxygens (including phenoxy) is 2. The third-order valence-electron chi connectivity index (χ3n) is 4.04. The number of carbonyl (C=O) groups excluding carboxylic acids is 1. The Kier molecular flexibility index (Phi) is 4.92. The van der Waals surface area contributed by atoms with Crippen molar-refractivity contribution in [2.75, 3.05) is 13.7 Å². The lowest BCUT2D eigenvalue weighted by Gasteiger charge is -2.34. The highest BCUT2D eigenvalue weighted by Gasteiger charge is 2.49. The van der Waals surface area contributed by atoms with Crippen molar-refractivity contribution in [3.8, 4) is 0 Å². The number of carbonyl (C=O) groups is 1. The second kappa shape index (κ2) is 5.64. The average Bonchev–Trinajstić information content (AvgIpc) is 2.50. The molecule has 0 aliphatic carbocycles. The van der Waals surface area contributed by atoms with Gasteiger partial charge in [-0.3, -0.25) is 4.79 Å². The Morgan fingerprint density at radius 3 is 2.25 bits per heavy atom. The van der Waals surface area contributed by atoms with E-state index in [0.717, 1.165) is 13.0 Å². The molecule has 1 aliphatic heterocycles. The normalized spacial score (nSPS) is 26.6. The third-order valence-corrected chi connectivity index (χ3v) is 4.04. The van der Waals surface area contributed by atoms with Gasteiger partial charge in [0.1, 0.15) is 5.60 Å². The fourth-order valence-electron chi connectivity index (χ4n) is 2.97. The highest BCUT2D eigenvalue weighted by atomic mass is 16.6. The van der Waals surface area contributed by atoms with E-state index in [1.165, 1.54) is 0 Å². The Morgan fingerprint density at radius 1 is 1.25 bits per heavy atom. The summed E-state index contributed by atoms with van der Waals surface area (Å²) in [5.41, 5.74) is -0.916. The van der Waals surface area contributed by atoms with Crippen LogP contribution in [0.4, 0.5) is 0 Å². The molecule has 0 radical (unpaired) electrons. The summed E-state index contributed by atoms with van der Waals surface area (Å²) in [4.78, 5) is 12.6. The van der Waals surface area contributed by atoms with Crippen molar-refractivity contribution >= 4 is 5.97 Å². The lowest BCUT2D eigenvalue weighted by Crippen LogP contribution is -2.45. The van der Waals surface area contributed by atoms with Gasteiger partial charge in [-0.15, -0.1) is 0 Å². The lowest BCUT2D eigenvalue weighted by atomic mass is 9.78. The van der Waals surface area contributed by atoms with E-state index in [4.69, 9.17) is 9.47 Å². The standard InChI is InChI=1S/C16H31NO3/c1-14(2,3)20-13(18)12-11(9-15(4,5)19-8)10-17-16(12,6)7/h11-12,17H,9-10H2,1-8H3/t11-,12-/m1/s1. The van der Waals surface area contributed by atoms with Gasteiger partial charge in [0.05, 0.1) is 11.5 Å². The van der Waals surface area contributed by atoms with Crippen LogP contribution in [0, 0.1) is 11.8 Å². The van der Waals surface area contributed by atoms with Gasteiger partial charge in [0.25, 0.3) is 0 Å². The van der Waals surface area contributed by atoms with Crippen LogP contribution in [0.2, 0.25) is 0 Å². The summed E-state index contributed by atoms with van der Waals surface area (Å²) in [7, 11) is 1.72. The van der Waals surface area contributed by atoms with Gasteiger partial charge in [-0.1, -0.05) is 0 Å². The molecule has 0 bridgehead atoms. The average molecular weight is 285 g/mol. The highest BCUT2D eigenvalue weighted by Crippen LogP contribution is 2.38. The van der Waals surface area contributed by atoms with E-state index in [0.29, 0.717) is 0 Å². The predicted octanol–water partition coefficient (Wildman–Crippen LogP) is 2.76. The molecule has 0 unspecified atom stereocenters. The molecule has 2 atom stereocenters. The smallest absolute Gasteiger partial charge is 0.311 e. The Balaban J connectivity index is 2.88. The number of hydrogen-bond donors (Lipinski definition) is 1. The molecule has 0 aromatic rings. The molecule has 4 nitrogen and oxygen atoms in total. The molecule has 0 amide bonds. The Morgan fingerprint density at radius 2 is 1.80 bits per heavy atom. The van der Waals surface area contributed by atoms with Crippen LogP contribution >= 0.6 is 0 Å². The fraction of sp³-hybridized carbons (Fsp3) is 0.938. The Bertz CT molecular complexity index is 355. The summed E-state index contributed by atoms with van der Waals surface area (Å²) in [5, 5.41) is 3.45. The zero-order valence-corrected chi connectivity index (χ0v) is 14.3. The van der Waals surface area contributed by atoms with E-state index in [9.17, 15) is 4.79 Å². The zero-order chi connectivity index (χ0) is 15.8. The topological polar surface area (TPSA) is 47.6 Å². The van der Waals surface area contributed by atoms with E-state index in [-0.39, 0.29) is 28.9 Å². The molecule has 0 saturated carbocycles. The molecule has 1 N–H and O–H groups in total. The van der Waals surface area contributed by atoms with Crippen molar-refractivity contribution in [1.29, 1.82) is 0 Å². The maximum absolute atomic E-state index is 12.6. The molecule has 1 rings (SSSR count). The number of rotatable bonds is 4. The second-order valence-corrected chi connectivity index (χ2v) is 8.04. The van der Waals surface area contributed by atoms with Crippen LogP contribution in [0.25, 0.3) is 0 Å². The van der Waals surface area contributed by atoms with Gasteiger partial charge < -0.3 is 14.8 Å². The minimum Gasteiger partial charge on any atom is -0.460 e. The largest absolute Gasteiger partial charge is 0.460 e. The highest BCUT2D eigenvalue weighted by molar-refractivity contribution is 5.75. The first-order valence-electron chi connectivity index (χ1n) is 7.41. The Labute approximate surface area is 123 Å². The number of nitrogens with one attached hydrogen (secondary N) is 1. The fourth-order valence-corrected chi connectivity index (χ4v) is 2.97. The lowest BCUT2D eigenvalue weighted by molar-refractivity contribution is -0.163. The van der Waals surface area contributed by atoms with Crippen molar-refractivity contribution in [2.45, 2.75) is 71.6 Å². The molecule has 118 valence electrons. The first kappa shape index (κ1) is 17.4. The first-order chi connectivity index (χ1) is 8.88. The van der Waals surface area contributed by atoms with Crippen molar-refractivity contribution in [3.63, 3.8) is 0 Å². The quantitative estimate of drug-likeness (QED) is 0.807. The van der Waals surface area contributed by atoms with Crippen molar-refractivity contribution < 1.29 is 14.3 Å². The van der Waals surface area contributed by atoms with E-state index < -0.39 is 5.60 Å². The maximum Gasteiger partial charge on any atom is 0.311 e. The first-order valence-corrected chi connectivity index (χ1v) is 7.41. The SMILES string of the molecule is COC(C)(C)C[C@@H]1CNC(C)(C)[C@H]1C(=O)OC(C)(C)C. The van der Waals surface area contributed by atoms with E-state index in [1.807, 2.05) is 20.8 Å².